The number of rotatable bonds is 9. The zero-order chi connectivity index (χ0) is 25.7. The van der Waals surface area contributed by atoms with E-state index in [2.05, 4.69) is 10.0 Å². The fourth-order valence-electron chi connectivity index (χ4n) is 3.77. The number of anilines is 2. The third kappa shape index (κ3) is 5.78. The zero-order valence-electron chi connectivity index (χ0n) is 20.3. The van der Waals surface area contributed by atoms with Gasteiger partial charge in [0.25, 0.3) is 15.9 Å². The van der Waals surface area contributed by atoms with Crippen molar-refractivity contribution in [2.24, 2.45) is 0 Å². The molecule has 1 atom stereocenters. The Hall–Kier alpha value is -4.04. The van der Waals surface area contributed by atoms with Crippen molar-refractivity contribution < 1.29 is 22.7 Å². The molecule has 0 saturated heterocycles. The van der Waals surface area contributed by atoms with E-state index in [0.29, 0.717) is 29.3 Å². The van der Waals surface area contributed by atoms with Crippen molar-refractivity contribution in [3.05, 3.63) is 90.5 Å². The number of carbonyl (C=O) groups is 1. The summed E-state index contributed by atoms with van der Waals surface area (Å²) in [5, 5.41) is 4.92. The fraction of sp³-hybridized carbons (Fsp3) is 0.179. The highest BCUT2D eigenvalue weighted by Crippen LogP contribution is 2.28. The van der Waals surface area contributed by atoms with E-state index in [-0.39, 0.29) is 10.8 Å². The average molecular weight is 505 g/mol. The molecule has 0 radical (unpaired) electrons. The quantitative estimate of drug-likeness (QED) is 0.303. The van der Waals surface area contributed by atoms with Crippen LogP contribution < -0.4 is 19.5 Å². The molecule has 7 nitrogen and oxygen atoms in total. The molecule has 8 heteroatoms. The van der Waals surface area contributed by atoms with E-state index >= 15 is 0 Å². The molecule has 0 heterocycles. The molecule has 2 N–H and O–H groups in total. The van der Waals surface area contributed by atoms with Crippen molar-refractivity contribution in [3.8, 4) is 11.5 Å². The maximum Gasteiger partial charge on any atom is 0.265 e. The number of ether oxygens (including phenoxy) is 2. The Kier molecular flexibility index (Phi) is 7.45. The Balaban J connectivity index is 1.44. The van der Waals surface area contributed by atoms with Crippen LogP contribution in [0, 0.1) is 6.92 Å². The van der Waals surface area contributed by atoms with Crippen molar-refractivity contribution in [3.63, 3.8) is 0 Å². The number of aryl methyl sites for hydroxylation is 1. The second-order valence-corrected chi connectivity index (χ2v) is 10.0. The Morgan fingerprint density at radius 1 is 0.917 bits per heavy atom. The van der Waals surface area contributed by atoms with Crippen molar-refractivity contribution in [2.45, 2.75) is 31.3 Å². The lowest BCUT2D eigenvalue weighted by Gasteiger charge is -2.18. The van der Waals surface area contributed by atoms with Crippen LogP contribution in [0.4, 0.5) is 11.4 Å². The van der Waals surface area contributed by atoms with Crippen LogP contribution in [0.1, 0.15) is 18.9 Å². The third-order valence-electron chi connectivity index (χ3n) is 5.69. The molecule has 0 aromatic heterocycles. The number of fused-ring (bicyclic) bond motifs is 1. The lowest BCUT2D eigenvalue weighted by atomic mass is 10.1. The Labute approximate surface area is 211 Å². The summed E-state index contributed by atoms with van der Waals surface area (Å²) in [7, 11) is -2.38. The molecule has 186 valence electrons. The van der Waals surface area contributed by atoms with Crippen LogP contribution in [0.15, 0.2) is 89.8 Å². The SMILES string of the molecule is CC[C@@H](Oc1ccc2ccccc2c1)C(=O)Nc1ccc(S(=O)(=O)Nc2cc(C)ccc2OC)cc1. The molecule has 4 rings (SSSR count). The predicted octanol–water partition coefficient (Wildman–Crippen LogP) is 5.75. The smallest absolute Gasteiger partial charge is 0.265 e. The third-order valence-corrected chi connectivity index (χ3v) is 7.08. The molecule has 0 unspecified atom stereocenters. The molecular formula is C28H28N2O5S. The van der Waals surface area contributed by atoms with Gasteiger partial charge in [0.05, 0.1) is 17.7 Å². The van der Waals surface area contributed by atoms with Crippen molar-refractivity contribution in [1.29, 1.82) is 0 Å². The molecule has 0 aliphatic rings. The summed E-state index contributed by atoms with van der Waals surface area (Å²) in [4.78, 5) is 12.9. The molecule has 0 aliphatic carbocycles. The molecule has 0 spiro atoms. The van der Waals surface area contributed by atoms with E-state index in [0.717, 1.165) is 16.3 Å². The van der Waals surface area contributed by atoms with E-state index in [1.165, 1.54) is 19.2 Å². The molecule has 4 aromatic carbocycles. The van der Waals surface area contributed by atoms with E-state index in [1.54, 1.807) is 24.3 Å². The van der Waals surface area contributed by atoms with Crippen molar-refractivity contribution in [2.75, 3.05) is 17.1 Å². The molecule has 0 saturated carbocycles. The minimum atomic E-state index is -3.85. The van der Waals surface area contributed by atoms with Gasteiger partial charge in [-0.25, -0.2) is 8.42 Å². The van der Waals surface area contributed by atoms with Gasteiger partial charge in [-0.2, -0.15) is 0 Å². The molecule has 0 fully saturated rings. The van der Waals surface area contributed by atoms with Gasteiger partial charge in [-0.05, 0) is 78.2 Å². The number of sulfonamides is 1. The zero-order valence-corrected chi connectivity index (χ0v) is 21.1. The molecular weight excluding hydrogens is 476 g/mol. The van der Waals surface area contributed by atoms with Crippen LogP contribution in [0.25, 0.3) is 10.8 Å². The summed E-state index contributed by atoms with van der Waals surface area (Å²) >= 11 is 0. The largest absolute Gasteiger partial charge is 0.495 e. The lowest BCUT2D eigenvalue weighted by Crippen LogP contribution is -2.32. The van der Waals surface area contributed by atoms with Crippen LogP contribution in [-0.4, -0.2) is 27.5 Å². The monoisotopic (exact) mass is 504 g/mol. The highest BCUT2D eigenvalue weighted by Gasteiger charge is 2.20. The average Bonchev–Trinajstić information content (AvgIpc) is 2.87. The first-order valence-corrected chi connectivity index (χ1v) is 13.0. The number of hydrogen-bond donors (Lipinski definition) is 2. The number of methoxy groups -OCH3 is 1. The van der Waals surface area contributed by atoms with Gasteiger partial charge in [0.2, 0.25) is 0 Å². The molecule has 0 aliphatic heterocycles. The Morgan fingerprint density at radius 3 is 2.33 bits per heavy atom. The summed E-state index contributed by atoms with van der Waals surface area (Å²) in [6.07, 6.45) is -0.238. The highest BCUT2D eigenvalue weighted by atomic mass is 32.2. The van der Waals surface area contributed by atoms with Crippen LogP contribution >= 0.6 is 0 Å². The number of amides is 1. The highest BCUT2D eigenvalue weighted by molar-refractivity contribution is 7.92. The van der Waals surface area contributed by atoms with Crippen LogP contribution in [0.5, 0.6) is 11.5 Å². The maximum absolute atomic E-state index is 12.9. The summed E-state index contributed by atoms with van der Waals surface area (Å²) < 4.78 is 39.6. The first kappa shape index (κ1) is 25.1. The van der Waals surface area contributed by atoms with Gasteiger partial charge in [-0.15, -0.1) is 0 Å². The minimum absolute atomic E-state index is 0.0588. The Morgan fingerprint density at radius 2 is 1.64 bits per heavy atom. The fourth-order valence-corrected chi connectivity index (χ4v) is 4.83. The van der Waals surface area contributed by atoms with Gasteiger partial charge in [-0.1, -0.05) is 43.3 Å². The summed E-state index contributed by atoms with van der Waals surface area (Å²) in [6.45, 7) is 3.73. The summed E-state index contributed by atoms with van der Waals surface area (Å²) in [6, 6.07) is 24.8. The second kappa shape index (κ2) is 10.7. The van der Waals surface area contributed by atoms with Gasteiger partial charge >= 0.3 is 0 Å². The first-order chi connectivity index (χ1) is 17.3. The maximum atomic E-state index is 12.9. The minimum Gasteiger partial charge on any atom is -0.495 e. The lowest BCUT2D eigenvalue weighted by molar-refractivity contribution is -0.122. The number of benzene rings is 4. The number of nitrogens with one attached hydrogen (secondary N) is 2. The first-order valence-electron chi connectivity index (χ1n) is 11.5. The standard InChI is InChI=1S/C28H28N2O5S/c1-4-26(35-23-13-10-20-7-5-6-8-21(20)18-23)28(31)29-22-11-14-24(15-12-22)36(32,33)30-25-17-19(2)9-16-27(25)34-3/h5-18,26,30H,4H2,1-3H3,(H,29,31)/t26-/m1/s1. The van der Waals surface area contributed by atoms with Crippen LogP contribution in [0.2, 0.25) is 0 Å². The van der Waals surface area contributed by atoms with E-state index < -0.39 is 16.1 Å². The Bertz CT molecular complexity index is 1480. The van der Waals surface area contributed by atoms with Crippen molar-refractivity contribution in [1.82, 2.24) is 0 Å². The van der Waals surface area contributed by atoms with Crippen LogP contribution in [-0.2, 0) is 14.8 Å². The van der Waals surface area contributed by atoms with Gasteiger partial charge in [0.1, 0.15) is 11.5 Å². The molecule has 1 amide bonds. The normalized spacial score (nSPS) is 12.1. The molecule has 4 aromatic rings. The van der Waals surface area contributed by atoms with E-state index in [4.69, 9.17) is 9.47 Å². The van der Waals surface area contributed by atoms with E-state index in [1.807, 2.05) is 62.4 Å². The summed E-state index contributed by atoms with van der Waals surface area (Å²) in [5.41, 5.74) is 1.71. The molecule has 0 bridgehead atoms. The summed E-state index contributed by atoms with van der Waals surface area (Å²) in [5.74, 6) is 0.712. The molecule has 36 heavy (non-hydrogen) atoms. The number of carbonyl (C=O) groups excluding carboxylic acids is 1. The van der Waals surface area contributed by atoms with Crippen LogP contribution in [0.3, 0.4) is 0 Å². The van der Waals surface area contributed by atoms with Gasteiger partial charge in [0, 0.05) is 5.69 Å². The van der Waals surface area contributed by atoms with Gasteiger partial charge in [0.15, 0.2) is 6.10 Å². The van der Waals surface area contributed by atoms with Crippen molar-refractivity contribution >= 4 is 38.1 Å². The van der Waals surface area contributed by atoms with Gasteiger partial charge in [-0.3, -0.25) is 9.52 Å². The number of hydrogen-bond acceptors (Lipinski definition) is 5. The second-order valence-electron chi connectivity index (χ2n) is 8.35. The predicted molar refractivity (Wildman–Crippen MR) is 142 cm³/mol. The van der Waals surface area contributed by atoms with E-state index in [9.17, 15) is 13.2 Å². The topological polar surface area (TPSA) is 93.7 Å². The van der Waals surface area contributed by atoms with Gasteiger partial charge < -0.3 is 14.8 Å².